The van der Waals surface area contributed by atoms with Gasteiger partial charge >= 0.3 is 0 Å². The molecule has 6 rings (SSSR count). The molecule has 0 spiro atoms. The Morgan fingerprint density at radius 1 is 0.816 bits per heavy atom. The Kier molecular flexibility index (Phi) is 5.79. The van der Waals surface area contributed by atoms with Crippen LogP contribution in [0.2, 0.25) is 0 Å². The van der Waals surface area contributed by atoms with Crippen molar-refractivity contribution in [2.45, 2.75) is 12.1 Å². The Balaban J connectivity index is 1.47. The number of nitriles is 1. The molecule has 1 unspecified atom stereocenters. The average Bonchev–Trinajstić information content (AvgIpc) is 3.64. The second-order valence-corrected chi connectivity index (χ2v) is 9.03. The van der Waals surface area contributed by atoms with Gasteiger partial charge in [0, 0.05) is 0 Å². The number of nitrogens with zero attached hydrogens (tertiary/aromatic N) is 4. The van der Waals surface area contributed by atoms with Crippen molar-refractivity contribution in [2.75, 3.05) is 7.11 Å². The maximum Gasteiger partial charge on any atom is 0.276 e. The van der Waals surface area contributed by atoms with Gasteiger partial charge < -0.3 is 4.74 Å². The van der Waals surface area contributed by atoms with E-state index in [4.69, 9.17) is 9.73 Å². The van der Waals surface area contributed by atoms with Crippen molar-refractivity contribution in [3.05, 3.63) is 131 Å². The summed E-state index contributed by atoms with van der Waals surface area (Å²) in [5, 5.41) is 12.3. The number of hydrogen-bond acceptors (Lipinski definition) is 6. The van der Waals surface area contributed by atoms with Crippen LogP contribution in [-0.4, -0.2) is 40.7 Å². The van der Waals surface area contributed by atoms with Gasteiger partial charge in [-0.15, -0.1) is 0 Å². The van der Waals surface area contributed by atoms with E-state index in [2.05, 4.69) is 6.07 Å². The first-order valence-electron chi connectivity index (χ1n) is 12.1. The predicted octanol–water partition coefficient (Wildman–Crippen LogP) is 5.32. The first-order chi connectivity index (χ1) is 18.6. The summed E-state index contributed by atoms with van der Waals surface area (Å²) in [4.78, 5) is 31.9. The molecule has 2 aliphatic rings. The number of amides is 2. The number of carbonyl (C=O) groups is 2. The fourth-order valence-electron chi connectivity index (χ4n) is 4.93. The fraction of sp³-hybridized carbons (Fsp3) is 0.0968. The summed E-state index contributed by atoms with van der Waals surface area (Å²) in [7, 11) is 1.61. The number of fused-ring (bicyclic) bond motifs is 1. The molecule has 0 aromatic heterocycles. The highest BCUT2D eigenvalue weighted by molar-refractivity contribution is 6.21. The molecule has 0 aliphatic carbocycles. The molecule has 3 atom stereocenters. The largest absolute Gasteiger partial charge is 0.497 e. The van der Waals surface area contributed by atoms with E-state index in [1.54, 1.807) is 55.6 Å². The molecule has 0 saturated carbocycles. The van der Waals surface area contributed by atoms with Gasteiger partial charge in [-0.3, -0.25) is 14.6 Å². The summed E-state index contributed by atoms with van der Waals surface area (Å²) in [6.45, 7) is 0. The predicted molar refractivity (Wildman–Crippen MR) is 142 cm³/mol. The fourth-order valence-corrected chi connectivity index (χ4v) is 4.93. The third-order valence-corrected chi connectivity index (χ3v) is 6.84. The smallest absolute Gasteiger partial charge is 0.276 e. The van der Waals surface area contributed by atoms with E-state index in [9.17, 15) is 14.9 Å². The molecule has 2 amide bonds. The van der Waals surface area contributed by atoms with Crippen LogP contribution in [0.4, 0.5) is 5.69 Å². The van der Waals surface area contributed by atoms with Gasteiger partial charge in [-0.1, -0.05) is 54.6 Å². The zero-order valence-corrected chi connectivity index (χ0v) is 20.5. The van der Waals surface area contributed by atoms with E-state index >= 15 is 0 Å². The summed E-state index contributed by atoms with van der Waals surface area (Å²) in [5.74, 6) is 0.0163. The first kappa shape index (κ1) is 23.3. The number of aliphatic imine (C=N–C) groups is 1. The molecule has 0 bridgehead atoms. The summed E-state index contributed by atoms with van der Waals surface area (Å²) < 4.78 is 5.33. The lowest BCUT2D eigenvalue weighted by molar-refractivity contribution is 0.0358. The zero-order valence-electron chi connectivity index (χ0n) is 20.5. The van der Waals surface area contributed by atoms with Crippen molar-refractivity contribution in [3.63, 3.8) is 0 Å². The van der Waals surface area contributed by atoms with E-state index in [0.29, 0.717) is 33.8 Å². The highest BCUT2D eigenvalue weighted by Crippen LogP contribution is 2.49. The number of benzene rings is 4. The molecule has 4 aromatic carbocycles. The van der Waals surface area contributed by atoms with Crippen molar-refractivity contribution in [3.8, 4) is 11.8 Å². The minimum atomic E-state index is -0.386. The Morgan fingerprint density at radius 3 is 2.00 bits per heavy atom. The van der Waals surface area contributed by atoms with Crippen molar-refractivity contribution in [1.82, 2.24) is 10.0 Å². The minimum absolute atomic E-state index is 0.305. The van der Waals surface area contributed by atoms with Crippen molar-refractivity contribution in [1.29, 1.82) is 5.26 Å². The minimum Gasteiger partial charge on any atom is -0.497 e. The lowest BCUT2D eigenvalue weighted by atomic mass is 10.0. The molecule has 2 heterocycles. The van der Waals surface area contributed by atoms with Crippen LogP contribution in [0.1, 0.15) is 43.4 Å². The van der Waals surface area contributed by atoms with Crippen LogP contribution in [-0.2, 0) is 0 Å². The molecule has 1 fully saturated rings. The van der Waals surface area contributed by atoms with E-state index in [1.807, 2.05) is 59.6 Å². The third kappa shape index (κ3) is 3.94. The van der Waals surface area contributed by atoms with Crippen molar-refractivity contribution in [2.24, 2.45) is 4.99 Å². The molecule has 38 heavy (non-hydrogen) atoms. The second-order valence-electron chi connectivity index (χ2n) is 9.03. The Morgan fingerprint density at radius 2 is 1.42 bits per heavy atom. The Bertz CT molecular complexity index is 1570. The number of ether oxygens (including phenoxy) is 1. The molecular weight excluding hydrogens is 476 g/mol. The lowest BCUT2D eigenvalue weighted by Gasteiger charge is -2.17. The van der Waals surface area contributed by atoms with Gasteiger partial charge in [-0.25, -0.2) is 5.01 Å². The number of rotatable bonds is 6. The SMILES string of the molecule is COc1ccc([C@@H]2[C@@H](C(=Nc3ccc(C#N)cc3)c3ccccc3)N2N2C(=O)c3ccccc3C2=O)cc1. The molecule has 184 valence electrons. The number of hydrazine groups is 1. The number of carbonyl (C=O) groups excluding carboxylic acids is 2. The summed E-state index contributed by atoms with van der Waals surface area (Å²) >= 11 is 0. The number of hydrogen-bond donors (Lipinski definition) is 0. The highest BCUT2D eigenvalue weighted by Gasteiger charge is 2.60. The number of imide groups is 1. The zero-order chi connectivity index (χ0) is 26.2. The van der Waals surface area contributed by atoms with Gasteiger partial charge in [0.25, 0.3) is 11.8 Å². The topological polar surface area (TPSA) is 85.8 Å². The van der Waals surface area contributed by atoms with Gasteiger partial charge in [0.2, 0.25) is 0 Å². The van der Waals surface area contributed by atoms with Crippen LogP contribution in [0.15, 0.2) is 108 Å². The van der Waals surface area contributed by atoms with E-state index < -0.39 is 0 Å². The monoisotopic (exact) mass is 498 g/mol. The van der Waals surface area contributed by atoms with Gasteiger partial charge in [-0.2, -0.15) is 10.3 Å². The normalized spacial score (nSPS) is 20.2. The lowest BCUT2D eigenvalue weighted by Crippen LogP contribution is -2.37. The number of methoxy groups -OCH3 is 1. The van der Waals surface area contributed by atoms with Crippen LogP contribution >= 0.6 is 0 Å². The molecular formula is C31H22N4O3. The van der Waals surface area contributed by atoms with Crippen molar-refractivity contribution >= 4 is 23.2 Å². The molecule has 0 N–H and O–H groups in total. The third-order valence-electron chi connectivity index (χ3n) is 6.84. The van der Waals surface area contributed by atoms with Crippen LogP contribution in [0, 0.1) is 11.3 Å². The van der Waals surface area contributed by atoms with Crippen LogP contribution in [0.25, 0.3) is 0 Å². The molecule has 4 aromatic rings. The molecule has 1 saturated heterocycles. The first-order valence-corrected chi connectivity index (χ1v) is 12.1. The van der Waals surface area contributed by atoms with Crippen LogP contribution < -0.4 is 4.74 Å². The molecule has 7 nitrogen and oxygen atoms in total. The van der Waals surface area contributed by atoms with E-state index in [0.717, 1.165) is 11.1 Å². The van der Waals surface area contributed by atoms with Gasteiger partial charge in [0.1, 0.15) is 5.75 Å². The van der Waals surface area contributed by atoms with Crippen molar-refractivity contribution < 1.29 is 14.3 Å². The molecule has 2 aliphatic heterocycles. The van der Waals surface area contributed by atoms with Crippen LogP contribution in [0.3, 0.4) is 0 Å². The summed E-state index contributed by atoms with van der Waals surface area (Å²) in [6, 6.07) is 32.7. The summed E-state index contributed by atoms with van der Waals surface area (Å²) in [6.07, 6.45) is 0. The maximum absolute atomic E-state index is 13.5. The van der Waals surface area contributed by atoms with E-state index in [-0.39, 0.29) is 23.9 Å². The average molecular weight is 499 g/mol. The highest BCUT2D eigenvalue weighted by atomic mass is 16.5. The summed E-state index contributed by atoms with van der Waals surface area (Å²) in [5.41, 5.74) is 4.51. The molecule has 7 heteroatoms. The standard InChI is InChI=1S/C31H22N4O3/c1-38-24-17-13-22(14-18-24)28-29(34(28)35-30(36)25-9-5-6-10-26(25)31(35)37)27(21-7-3-2-4-8-21)33-23-15-11-20(19-32)12-16-23/h2-18,28-29H,1H3/t28-,29-,34?/m1/s1. The Hall–Kier alpha value is -5.06. The van der Waals surface area contributed by atoms with E-state index in [1.165, 1.54) is 5.01 Å². The van der Waals surface area contributed by atoms with Crippen LogP contribution in [0.5, 0.6) is 5.75 Å². The second kappa shape index (κ2) is 9.43. The molecule has 0 radical (unpaired) electrons. The van der Waals surface area contributed by atoms with Gasteiger partial charge in [0.15, 0.2) is 0 Å². The Labute approximate surface area is 219 Å². The quantitative estimate of drug-likeness (QED) is 0.204. The van der Waals surface area contributed by atoms with Gasteiger partial charge in [0.05, 0.1) is 53.4 Å². The van der Waals surface area contributed by atoms with Gasteiger partial charge in [-0.05, 0) is 59.7 Å². The maximum atomic E-state index is 13.5.